The van der Waals surface area contributed by atoms with Crippen molar-refractivity contribution in [2.24, 2.45) is 10.9 Å². The summed E-state index contributed by atoms with van der Waals surface area (Å²) in [6.07, 6.45) is 1.31. The first-order valence-corrected chi connectivity index (χ1v) is 7.31. The van der Waals surface area contributed by atoms with Crippen molar-refractivity contribution in [1.82, 2.24) is 10.2 Å². The molecule has 2 aliphatic rings. The fourth-order valence-corrected chi connectivity index (χ4v) is 3.22. The van der Waals surface area contributed by atoms with E-state index in [-0.39, 0.29) is 0 Å². The molecule has 0 radical (unpaired) electrons. The topological polar surface area (TPSA) is 27.6 Å². The van der Waals surface area contributed by atoms with E-state index in [1.807, 2.05) is 11.8 Å². The smallest absolute Gasteiger partial charge is 0.156 e. The fourth-order valence-electron chi connectivity index (χ4n) is 2.28. The van der Waals surface area contributed by atoms with E-state index < -0.39 is 0 Å². The number of amidine groups is 1. The van der Waals surface area contributed by atoms with Crippen LogP contribution in [-0.4, -0.2) is 47.5 Å². The molecule has 2 saturated heterocycles. The summed E-state index contributed by atoms with van der Waals surface area (Å²) < 4.78 is 0. The maximum atomic E-state index is 4.69. The summed E-state index contributed by atoms with van der Waals surface area (Å²) in [7, 11) is 0. The van der Waals surface area contributed by atoms with Crippen LogP contribution in [0.4, 0.5) is 0 Å². The summed E-state index contributed by atoms with van der Waals surface area (Å²) in [6, 6.07) is 1.29. The maximum absolute atomic E-state index is 4.69. The van der Waals surface area contributed by atoms with Crippen molar-refractivity contribution in [3.05, 3.63) is 0 Å². The summed E-state index contributed by atoms with van der Waals surface area (Å²) in [6.45, 7) is 10.3. The number of nitrogens with one attached hydrogen (secondary N) is 1. The molecule has 16 heavy (non-hydrogen) atoms. The molecular weight excluding hydrogens is 218 g/mol. The van der Waals surface area contributed by atoms with Gasteiger partial charge in [0.15, 0.2) is 5.17 Å². The molecule has 2 atom stereocenters. The zero-order chi connectivity index (χ0) is 11.5. The van der Waals surface area contributed by atoms with Gasteiger partial charge in [-0.05, 0) is 39.7 Å². The van der Waals surface area contributed by atoms with E-state index in [1.54, 1.807) is 0 Å². The minimum Gasteiger partial charge on any atom is -0.362 e. The Balaban J connectivity index is 1.75. The highest BCUT2D eigenvalue weighted by Gasteiger charge is 2.24. The van der Waals surface area contributed by atoms with Gasteiger partial charge in [0, 0.05) is 30.9 Å². The molecule has 3 nitrogen and oxygen atoms in total. The number of nitrogens with zero attached hydrogens (tertiary/aromatic N) is 2. The Hall–Kier alpha value is -0.220. The summed E-state index contributed by atoms with van der Waals surface area (Å²) in [5, 5.41) is 4.57. The van der Waals surface area contributed by atoms with Crippen molar-refractivity contribution >= 4 is 16.9 Å². The Labute approximate surface area is 103 Å². The predicted octanol–water partition coefficient (Wildman–Crippen LogP) is 1.80. The zero-order valence-corrected chi connectivity index (χ0v) is 11.4. The van der Waals surface area contributed by atoms with E-state index >= 15 is 0 Å². The van der Waals surface area contributed by atoms with Gasteiger partial charge in [-0.3, -0.25) is 4.99 Å². The Morgan fingerprint density at radius 3 is 2.94 bits per heavy atom. The third-order valence-corrected chi connectivity index (χ3v) is 4.57. The van der Waals surface area contributed by atoms with E-state index in [1.165, 1.54) is 25.3 Å². The molecule has 2 fully saturated rings. The van der Waals surface area contributed by atoms with Gasteiger partial charge in [0.25, 0.3) is 0 Å². The second-order valence-corrected chi connectivity index (χ2v) is 6.25. The highest BCUT2D eigenvalue weighted by molar-refractivity contribution is 8.14. The van der Waals surface area contributed by atoms with Gasteiger partial charge in [0.2, 0.25) is 0 Å². The summed E-state index contributed by atoms with van der Waals surface area (Å²) in [5.41, 5.74) is 0. The van der Waals surface area contributed by atoms with Crippen molar-refractivity contribution in [1.29, 1.82) is 0 Å². The quantitative estimate of drug-likeness (QED) is 0.816. The average molecular weight is 241 g/mol. The second kappa shape index (κ2) is 5.41. The maximum Gasteiger partial charge on any atom is 0.156 e. The molecule has 0 aliphatic carbocycles. The lowest BCUT2D eigenvalue weighted by molar-refractivity contribution is 0.266. The molecule has 0 spiro atoms. The normalized spacial score (nSPS) is 33.9. The van der Waals surface area contributed by atoms with Crippen LogP contribution in [0.25, 0.3) is 0 Å². The van der Waals surface area contributed by atoms with Gasteiger partial charge in [0.1, 0.15) is 0 Å². The first-order valence-electron chi connectivity index (χ1n) is 6.33. The summed E-state index contributed by atoms with van der Waals surface area (Å²) in [4.78, 5) is 7.25. The molecule has 92 valence electrons. The van der Waals surface area contributed by atoms with Gasteiger partial charge in [-0.25, -0.2) is 0 Å². The SMILES string of the molecule is CC1CSC(=NCC2CCN(C(C)C)C2)N1. The molecular formula is C12H23N3S. The van der Waals surface area contributed by atoms with E-state index in [9.17, 15) is 0 Å². The monoisotopic (exact) mass is 241 g/mol. The lowest BCUT2D eigenvalue weighted by atomic mass is 10.1. The highest BCUT2D eigenvalue weighted by atomic mass is 32.2. The molecule has 0 saturated carbocycles. The largest absolute Gasteiger partial charge is 0.362 e. The molecule has 0 aromatic carbocycles. The van der Waals surface area contributed by atoms with E-state index in [2.05, 4.69) is 31.0 Å². The minimum atomic E-state index is 0.597. The van der Waals surface area contributed by atoms with E-state index in [0.29, 0.717) is 12.1 Å². The molecule has 0 bridgehead atoms. The van der Waals surface area contributed by atoms with Crippen LogP contribution in [0.15, 0.2) is 4.99 Å². The van der Waals surface area contributed by atoms with Crippen LogP contribution in [0, 0.1) is 5.92 Å². The molecule has 0 aromatic heterocycles. The zero-order valence-electron chi connectivity index (χ0n) is 10.6. The van der Waals surface area contributed by atoms with Crippen LogP contribution < -0.4 is 5.32 Å². The minimum absolute atomic E-state index is 0.597. The number of likely N-dealkylation sites (tertiary alicyclic amines) is 1. The van der Waals surface area contributed by atoms with Crippen LogP contribution in [0.3, 0.4) is 0 Å². The molecule has 2 heterocycles. The molecule has 2 unspecified atom stereocenters. The Morgan fingerprint density at radius 1 is 1.56 bits per heavy atom. The second-order valence-electron chi connectivity index (χ2n) is 5.25. The number of thioether (sulfide) groups is 1. The van der Waals surface area contributed by atoms with Crippen LogP contribution in [0.2, 0.25) is 0 Å². The van der Waals surface area contributed by atoms with Crippen molar-refractivity contribution in [3.8, 4) is 0 Å². The summed E-state index contributed by atoms with van der Waals surface area (Å²) >= 11 is 1.87. The number of rotatable bonds is 3. The van der Waals surface area contributed by atoms with Gasteiger partial charge in [0.05, 0.1) is 0 Å². The van der Waals surface area contributed by atoms with Crippen LogP contribution in [0.1, 0.15) is 27.2 Å². The third kappa shape index (κ3) is 3.14. The summed E-state index contributed by atoms with van der Waals surface area (Å²) in [5.74, 6) is 1.94. The highest BCUT2D eigenvalue weighted by Crippen LogP contribution is 2.20. The lowest BCUT2D eigenvalue weighted by Crippen LogP contribution is -2.28. The van der Waals surface area contributed by atoms with Crippen molar-refractivity contribution in [3.63, 3.8) is 0 Å². The predicted molar refractivity (Wildman–Crippen MR) is 72.2 cm³/mol. The number of hydrogen-bond donors (Lipinski definition) is 1. The molecule has 0 amide bonds. The lowest BCUT2D eigenvalue weighted by Gasteiger charge is -2.19. The number of aliphatic imine (C=N–C) groups is 1. The van der Waals surface area contributed by atoms with Gasteiger partial charge in [-0.2, -0.15) is 0 Å². The first-order chi connectivity index (χ1) is 7.65. The number of hydrogen-bond acceptors (Lipinski definition) is 3. The van der Waals surface area contributed by atoms with Gasteiger partial charge >= 0.3 is 0 Å². The standard InChI is InChI=1S/C12H23N3S/c1-9(2)15-5-4-11(7-15)6-13-12-14-10(3)8-16-12/h9-11H,4-8H2,1-3H3,(H,13,14). The van der Waals surface area contributed by atoms with Crippen molar-refractivity contribution < 1.29 is 0 Å². The van der Waals surface area contributed by atoms with Crippen molar-refractivity contribution in [2.75, 3.05) is 25.4 Å². The van der Waals surface area contributed by atoms with Crippen molar-refractivity contribution in [2.45, 2.75) is 39.3 Å². The fraction of sp³-hybridized carbons (Fsp3) is 0.917. The molecule has 2 rings (SSSR count). The Morgan fingerprint density at radius 2 is 2.38 bits per heavy atom. The van der Waals surface area contributed by atoms with E-state index in [4.69, 9.17) is 4.99 Å². The third-order valence-electron chi connectivity index (χ3n) is 3.38. The molecule has 1 N–H and O–H groups in total. The van der Waals surface area contributed by atoms with Crippen LogP contribution in [-0.2, 0) is 0 Å². The molecule has 0 aromatic rings. The van der Waals surface area contributed by atoms with Gasteiger partial charge in [-0.15, -0.1) is 0 Å². The van der Waals surface area contributed by atoms with E-state index in [0.717, 1.165) is 17.6 Å². The average Bonchev–Trinajstić information content (AvgIpc) is 2.83. The van der Waals surface area contributed by atoms with Crippen LogP contribution in [0.5, 0.6) is 0 Å². The van der Waals surface area contributed by atoms with Crippen LogP contribution >= 0.6 is 11.8 Å². The molecule has 4 heteroatoms. The van der Waals surface area contributed by atoms with Gasteiger partial charge in [-0.1, -0.05) is 11.8 Å². The Kier molecular flexibility index (Phi) is 4.14. The Bertz CT molecular complexity index is 265. The van der Waals surface area contributed by atoms with Gasteiger partial charge < -0.3 is 10.2 Å². The molecule has 2 aliphatic heterocycles. The first kappa shape index (κ1) is 12.2.